The number of carboxylic acids is 1. The molecule has 0 spiro atoms. The zero-order valence-corrected chi connectivity index (χ0v) is 14.4. The molecule has 2 N–H and O–H groups in total. The summed E-state index contributed by atoms with van der Waals surface area (Å²) in [5.41, 5.74) is 1.32. The molecular weight excluding hydrogens is 337 g/mol. The average molecular weight is 357 g/mol. The fourth-order valence-corrected chi connectivity index (χ4v) is 4.31. The second kappa shape index (κ2) is 7.34. The normalized spacial score (nSPS) is 17.4. The Balaban J connectivity index is 2.41. The van der Waals surface area contributed by atoms with E-state index in [4.69, 9.17) is 9.05 Å². The van der Waals surface area contributed by atoms with Gasteiger partial charge in [0.2, 0.25) is 0 Å². The Morgan fingerprint density at radius 3 is 2.33 bits per heavy atom. The monoisotopic (exact) mass is 357 g/mol. The quantitative estimate of drug-likeness (QED) is 0.749. The van der Waals surface area contributed by atoms with E-state index < -0.39 is 25.7 Å². The van der Waals surface area contributed by atoms with Crippen LogP contribution in [0, 0.1) is 0 Å². The highest BCUT2D eigenvalue weighted by molar-refractivity contribution is 7.62. The Morgan fingerprint density at radius 2 is 1.83 bits per heavy atom. The second-order valence-corrected chi connectivity index (χ2v) is 7.28. The van der Waals surface area contributed by atoms with E-state index in [1.165, 1.54) is 0 Å². The summed E-state index contributed by atoms with van der Waals surface area (Å²) >= 11 is 0. The molecule has 1 heterocycles. The van der Waals surface area contributed by atoms with E-state index in [0.29, 0.717) is 16.4 Å². The minimum Gasteiger partial charge on any atom is -0.480 e. The van der Waals surface area contributed by atoms with E-state index in [1.807, 2.05) is 0 Å². The summed E-state index contributed by atoms with van der Waals surface area (Å²) in [5.74, 6) is -1.19. The van der Waals surface area contributed by atoms with Crippen molar-refractivity contribution in [2.24, 2.45) is 0 Å². The van der Waals surface area contributed by atoms with Crippen LogP contribution in [-0.2, 0) is 31.4 Å². The molecule has 0 aliphatic carbocycles. The molecule has 1 amide bonds. The minimum atomic E-state index is -3.48. The molecule has 0 saturated heterocycles. The molecule has 0 radical (unpaired) electrons. The smallest absolute Gasteiger partial charge is 0.408 e. The molecule has 0 aromatic heterocycles. The summed E-state index contributed by atoms with van der Waals surface area (Å²) in [4.78, 5) is 23.5. The van der Waals surface area contributed by atoms with Crippen molar-refractivity contribution in [1.29, 1.82) is 0 Å². The molecule has 1 aromatic rings. The van der Waals surface area contributed by atoms with Crippen LogP contribution in [0.5, 0.6) is 0 Å². The summed E-state index contributed by atoms with van der Waals surface area (Å²) in [6.07, 6.45) is -1.25. The van der Waals surface area contributed by atoms with Gasteiger partial charge in [0.25, 0.3) is 0 Å². The van der Waals surface area contributed by atoms with Gasteiger partial charge < -0.3 is 19.3 Å². The lowest BCUT2D eigenvalue weighted by Crippen LogP contribution is -2.48. The number of fused-ring (bicyclic) bond motifs is 1. The predicted octanol–water partition coefficient (Wildman–Crippen LogP) is 2.07. The number of amides is 1. The maximum absolute atomic E-state index is 12.8. The zero-order valence-electron chi connectivity index (χ0n) is 13.5. The molecule has 1 aliphatic heterocycles. The van der Waals surface area contributed by atoms with Crippen LogP contribution >= 0.6 is 7.60 Å². The Morgan fingerprint density at radius 1 is 1.21 bits per heavy atom. The van der Waals surface area contributed by atoms with Crippen LogP contribution in [0.15, 0.2) is 18.2 Å². The maximum Gasteiger partial charge on any atom is 0.408 e. The van der Waals surface area contributed by atoms with Crippen LogP contribution in [0.4, 0.5) is 4.79 Å². The number of benzene rings is 1. The van der Waals surface area contributed by atoms with Gasteiger partial charge in [-0.05, 0) is 37.1 Å². The third-order valence-corrected chi connectivity index (χ3v) is 5.87. The molecule has 1 aromatic carbocycles. The van der Waals surface area contributed by atoms with Crippen molar-refractivity contribution in [3.8, 4) is 0 Å². The molecule has 2 rings (SSSR count). The van der Waals surface area contributed by atoms with Crippen molar-refractivity contribution in [1.82, 2.24) is 4.90 Å². The van der Waals surface area contributed by atoms with Crippen molar-refractivity contribution < 1.29 is 33.4 Å². The highest BCUT2D eigenvalue weighted by Gasteiger charge is 2.36. The number of hydrogen-bond acceptors (Lipinski definition) is 5. The highest BCUT2D eigenvalue weighted by Crippen LogP contribution is 2.47. The first-order chi connectivity index (χ1) is 11.3. The topological polar surface area (TPSA) is 113 Å². The number of carbonyl (C=O) groups is 2. The summed E-state index contributed by atoms with van der Waals surface area (Å²) in [6.45, 7) is 3.72. The first-order valence-corrected chi connectivity index (χ1v) is 9.10. The predicted molar refractivity (Wildman–Crippen MR) is 85.6 cm³/mol. The number of nitrogens with zero attached hydrogens (tertiary/aromatic N) is 1. The first kappa shape index (κ1) is 18.4. The summed E-state index contributed by atoms with van der Waals surface area (Å²) < 4.78 is 23.4. The molecule has 24 heavy (non-hydrogen) atoms. The Labute approximate surface area is 139 Å². The largest absolute Gasteiger partial charge is 0.480 e. The van der Waals surface area contributed by atoms with Crippen molar-refractivity contribution in [2.45, 2.75) is 32.9 Å². The molecule has 0 fully saturated rings. The van der Waals surface area contributed by atoms with E-state index in [2.05, 4.69) is 0 Å². The van der Waals surface area contributed by atoms with Gasteiger partial charge in [-0.1, -0.05) is 6.07 Å². The molecule has 8 nitrogen and oxygen atoms in total. The van der Waals surface area contributed by atoms with Gasteiger partial charge in [-0.15, -0.1) is 0 Å². The van der Waals surface area contributed by atoms with Gasteiger partial charge in [0, 0.05) is 6.42 Å². The third-order valence-electron chi connectivity index (χ3n) is 3.77. The molecule has 1 unspecified atom stereocenters. The van der Waals surface area contributed by atoms with Crippen LogP contribution in [0.3, 0.4) is 0 Å². The van der Waals surface area contributed by atoms with E-state index in [9.17, 15) is 24.4 Å². The van der Waals surface area contributed by atoms with Crippen molar-refractivity contribution >= 4 is 25.0 Å². The highest BCUT2D eigenvalue weighted by atomic mass is 31.2. The molecular formula is C15H20NO7P. The molecule has 132 valence electrons. The standard InChI is InChI=1S/C15H20NO7P/c1-3-22-24(21,23-4-2)12-6-5-10-8-13(14(17)18)16(15(19)20)9-11(10)7-12/h5-7,13H,3-4,8-9H2,1-2H3,(H,17,18)(H,19,20). The third kappa shape index (κ3) is 3.61. The van der Waals surface area contributed by atoms with Crippen LogP contribution in [0.1, 0.15) is 25.0 Å². The average Bonchev–Trinajstić information content (AvgIpc) is 2.53. The van der Waals surface area contributed by atoms with E-state index in [-0.39, 0.29) is 26.2 Å². The molecule has 0 saturated carbocycles. The van der Waals surface area contributed by atoms with Gasteiger partial charge in [0.15, 0.2) is 0 Å². The van der Waals surface area contributed by atoms with E-state index in [0.717, 1.165) is 4.90 Å². The fourth-order valence-electron chi connectivity index (χ4n) is 2.69. The zero-order chi connectivity index (χ0) is 17.9. The SMILES string of the molecule is CCOP(=O)(OCC)c1ccc2c(c1)CN(C(=O)O)C(C(=O)O)C2. The van der Waals surface area contributed by atoms with Gasteiger partial charge in [0.1, 0.15) is 6.04 Å². The van der Waals surface area contributed by atoms with Gasteiger partial charge >= 0.3 is 19.7 Å². The minimum absolute atomic E-state index is 0.0603. The van der Waals surface area contributed by atoms with Gasteiger partial charge in [0.05, 0.1) is 25.1 Å². The van der Waals surface area contributed by atoms with Crippen molar-refractivity contribution in [2.75, 3.05) is 13.2 Å². The molecule has 1 atom stereocenters. The fraction of sp³-hybridized carbons (Fsp3) is 0.467. The number of aliphatic carboxylic acids is 1. The molecule has 1 aliphatic rings. The van der Waals surface area contributed by atoms with Crippen LogP contribution < -0.4 is 5.30 Å². The Kier molecular flexibility index (Phi) is 5.64. The second-order valence-electron chi connectivity index (χ2n) is 5.25. The number of hydrogen-bond donors (Lipinski definition) is 2. The van der Waals surface area contributed by atoms with Gasteiger partial charge in [-0.2, -0.15) is 0 Å². The summed E-state index contributed by atoms with van der Waals surface area (Å²) in [7, 11) is -3.48. The van der Waals surface area contributed by atoms with Gasteiger partial charge in [-0.25, -0.2) is 9.59 Å². The lowest BCUT2D eigenvalue weighted by molar-refractivity contribution is -0.143. The lowest BCUT2D eigenvalue weighted by atomic mass is 9.94. The number of carboxylic acid groups (broad SMARTS) is 2. The van der Waals surface area contributed by atoms with Crippen LogP contribution in [-0.4, -0.2) is 46.4 Å². The molecule has 9 heteroatoms. The number of rotatable bonds is 6. The van der Waals surface area contributed by atoms with Gasteiger partial charge in [-0.3, -0.25) is 9.46 Å². The summed E-state index contributed by atoms with van der Waals surface area (Å²) in [6, 6.07) is 3.69. The maximum atomic E-state index is 12.8. The van der Waals surface area contributed by atoms with E-state index >= 15 is 0 Å². The Bertz CT molecular complexity index is 680. The van der Waals surface area contributed by atoms with E-state index in [1.54, 1.807) is 32.0 Å². The lowest BCUT2D eigenvalue weighted by Gasteiger charge is -2.32. The van der Waals surface area contributed by atoms with Crippen LogP contribution in [0.25, 0.3) is 0 Å². The van der Waals surface area contributed by atoms with Crippen molar-refractivity contribution in [3.05, 3.63) is 29.3 Å². The first-order valence-electron chi connectivity index (χ1n) is 7.56. The van der Waals surface area contributed by atoms with Crippen LogP contribution in [0.2, 0.25) is 0 Å². The Hall–Kier alpha value is -1.89. The van der Waals surface area contributed by atoms with Crippen molar-refractivity contribution in [3.63, 3.8) is 0 Å². The molecule has 0 bridgehead atoms. The summed E-state index contributed by atoms with van der Waals surface area (Å²) in [5, 5.41) is 18.8.